The maximum atomic E-state index is 5.25. The fourth-order valence-corrected chi connectivity index (χ4v) is 2.15. The van der Waals surface area contributed by atoms with Crippen molar-refractivity contribution in [2.75, 3.05) is 7.05 Å². The molecule has 0 aliphatic carbocycles. The average Bonchev–Trinajstić information content (AvgIpc) is 2.85. The Bertz CT molecular complexity index is 396. The van der Waals surface area contributed by atoms with Gasteiger partial charge in [0.05, 0.1) is 6.26 Å². The summed E-state index contributed by atoms with van der Waals surface area (Å²) in [6.07, 6.45) is 3.48. The van der Waals surface area contributed by atoms with Crippen molar-refractivity contribution in [1.29, 1.82) is 0 Å². The molecule has 80 valence electrons. The number of furan rings is 1. The van der Waals surface area contributed by atoms with E-state index < -0.39 is 0 Å². The van der Waals surface area contributed by atoms with Gasteiger partial charge in [-0.2, -0.15) is 0 Å². The SMILES string of the molecule is CNCc1nnc(CCc2ccco2)s1. The van der Waals surface area contributed by atoms with Gasteiger partial charge in [0, 0.05) is 19.4 Å². The summed E-state index contributed by atoms with van der Waals surface area (Å²) in [4.78, 5) is 0. The first-order chi connectivity index (χ1) is 7.38. The Balaban J connectivity index is 1.88. The van der Waals surface area contributed by atoms with E-state index in [1.165, 1.54) is 0 Å². The van der Waals surface area contributed by atoms with Gasteiger partial charge in [-0.25, -0.2) is 0 Å². The number of nitrogens with one attached hydrogen (secondary N) is 1. The Labute approximate surface area is 92.3 Å². The molecule has 0 fully saturated rings. The number of nitrogens with zero attached hydrogens (tertiary/aromatic N) is 2. The van der Waals surface area contributed by atoms with Crippen molar-refractivity contribution in [3.8, 4) is 0 Å². The van der Waals surface area contributed by atoms with E-state index in [4.69, 9.17) is 4.42 Å². The Kier molecular flexibility index (Phi) is 3.47. The zero-order valence-electron chi connectivity index (χ0n) is 8.56. The molecule has 0 spiro atoms. The van der Waals surface area contributed by atoms with Gasteiger partial charge < -0.3 is 9.73 Å². The first kappa shape index (κ1) is 10.3. The van der Waals surface area contributed by atoms with Gasteiger partial charge in [-0.3, -0.25) is 0 Å². The van der Waals surface area contributed by atoms with Crippen LogP contribution in [0.25, 0.3) is 0 Å². The van der Waals surface area contributed by atoms with Gasteiger partial charge in [-0.05, 0) is 19.2 Å². The van der Waals surface area contributed by atoms with Crippen LogP contribution in [0.5, 0.6) is 0 Å². The Hall–Kier alpha value is -1.20. The molecule has 2 heterocycles. The minimum Gasteiger partial charge on any atom is -0.469 e. The third-order valence-electron chi connectivity index (χ3n) is 2.00. The number of hydrogen-bond donors (Lipinski definition) is 1. The lowest BCUT2D eigenvalue weighted by Gasteiger charge is -1.92. The van der Waals surface area contributed by atoms with Gasteiger partial charge in [0.25, 0.3) is 0 Å². The van der Waals surface area contributed by atoms with Crippen LogP contribution in [0.2, 0.25) is 0 Å². The van der Waals surface area contributed by atoms with Crippen LogP contribution in [0.15, 0.2) is 22.8 Å². The summed E-state index contributed by atoms with van der Waals surface area (Å²) >= 11 is 1.65. The molecule has 0 aromatic carbocycles. The van der Waals surface area contributed by atoms with Crippen LogP contribution < -0.4 is 5.32 Å². The second kappa shape index (κ2) is 5.04. The summed E-state index contributed by atoms with van der Waals surface area (Å²) in [5, 5.41) is 13.4. The molecule has 0 saturated carbocycles. The van der Waals surface area contributed by atoms with Gasteiger partial charge in [0.2, 0.25) is 0 Å². The van der Waals surface area contributed by atoms with Crippen LogP contribution in [-0.4, -0.2) is 17.2 Å². The number of aryl methyl sites for hydroxylation is 2. The molecule has 1 N–H and O–H groups in total. The second-order valence-corrected chi connectivity index (χ2v) is 4.35. The van der Waals surface area contributed by atoms with E-state index in [9.17, 15) is 0 Å². The van der Waals surface area contributed by atoms with Crippen molar-refractivity contribution >= 4 is 11.3 Å². The van der Waals surface area contributed by atoms with Gasteiger partial charge in [-0.15, -0.1) is 21.5 Å². The molecule has 2 aromatic rings. The largest absolute Gasteiger partial charge is 0.469 e. The molecule has 0 aliphatic rings. The Morgan fingerprint density at radius 2 is 2.20 bits per heavy atom. The van der Waals surface area contributed by atoms with Crippen LogP contribution in [-0.2, 0) is 19.4 Å². The summed E-state index contributed by atoms with van der Waals surface area (Å²) < 4.78 is 5.25. The zero-order chi connectivity index (χ0) is 10.5. The second-order valence-electron chi connectivity index (χ2n) is 3.20. The Morgan fingerprint density at radius 1 is 1.33 bits per heavy atom. The van der Waals surface area contributed by atoms with Crippen LogP contribution in [0.1, 0.15) is 15.8 Å². The lowest BCUT2D eigenvalue weighted by atomic mass is 10.2. The van der Waals surface area contributed by atoms with Crippen molar-refractivity contribution in [3.05, 3.63) is 34.2 Å². The molecule has 0 atom stereocenters. The van der Waals surface area contributed by atoms with Crippen molar-refractivity contribution < 1.29 is 4.42 Å². The lowest BCUT2D eigenvalue weighted by molar-refractivity contribution is 0.508. The molecule has 0 aliphatic heterocycles. The van der Waals surface area contributed by atoms with Crippen LogP contribution >= 0.6 is 11.3 Å². The average molecular weight is 223 g/mol. The van der Waals surface area contributed by atoms with Crippen LogP contribution in [0.3, 0.4) is 0 Å². The monoisotopic (exact) mass is 223 g/mol. The lowest BCUT2D eigenvalue weighted by Crippen LogP contribution is -2.04. The maximum absolute atomic E-state index is 5.25. The molecule has 2 rings (SSSR count). The summed E-state index contributed by atoms with van der Waals surface area (Å²) in [5.41, 5.74) is 0. The highest BCUT2D eigenvalue weighted by Gasteiger charge is 2.04. The van der Waals surface area contributed by atoms with Crippen molar-refractivity contribution in [1.82, 2.24) is 15.5 Å². The molecule has 0 radical (unpaired) electrons. The summed E-state index contributed by atoms with van der Waals surface area (Å²) in [6, 6.07) is 3.89. The van der Waals surface area contributed by atoms with Crippen LogP contribution in [0.4, 0.5) is 0 Å². The minimum atomic E-state index is 0.790. The standard InChI is InChI=1S/C10H13N3OS/c1-11-7-10-13-12-9(15-10)5-4-8-3-2-6-14-8/h2-3,6,11H,4-5,7H2,1H3. The predicted molar refractivity (Wildman–Crippen MR) is 58.8 cm³/mol. The summed E-state index contributed by atoms with van der Waals surface area (Å²) in [7, 11) is 1.91. The molecular weight excluding hydrogens is 210 g/mol. The van der Waals surface area contributed by atoms with Crippen molar-refractivity contribution in [2.45, 2.75) is 19.4 Å². The maximum Gasteiger partial charge on any atom is 0.131 e. The zero-order valence-corrected chi connectivity index (χ0v) is 9.38. The first-order valence-electron chi connectivity index (χ1n) is 4.86. The van der Waals surface area contributed by atoms with Gasteiger partial charge in [0.1, 0.15) is 15.8 Å². The fraction of sp³-hybridized carbons (Fsp3) is 0.400. The molecule has 0 unspecified atom stereocenters. The minimum absolute atomic E-state index is 0.790. The molecular formula is C10H13N3OS. The number of rotatable bonds is 5. The summed E-state index contributed by atoms with van der Waals surface area (Å²) in [6.45, 7) is 0.790. The highest BCUT2D eigenvalue weighted by atomic mass is 32.1. The van der Waals surface area contributed by atoms with E-state index in [1.807, 2.05) is 19.2 Å². The van der Waals surface area contributed by atoms with E-state index >= 15 is 0 Å². The molecule has 2 aromatic heterocycles. The highest BCUT2D eigenvalue weighted by Crippen LogP contribution is 2.12. The van der Waals surface area contributed by atoms with Crippen molar-refractivity contribution in [2.24, 2.45) is 0 Å². The van der Waals surface area contributed by atoms with E-state index in [0.717, 1.165) is 35.2 Å². The summed E-state index contributed by atoms with van der Waals surface area (Å²) in [5.74, 6) is 1.00. The normalized spacial score (nSPS) is 10.7. The van der Waals surface area contributed by atoms with Crippen LogP contribution in [0, 0.1) is 0 Å². The fourth-order valence-electron chi connectivity index (χ4n) is 1.30. The third kappa shape index (κ3) is 2.87. The highest BCUT2D eigenvalue weighted by molar-refractivity contribution is 7.11. The number of aromatic nitrogens is 2. The number of hydrogen-bond acceptors (Lipinski definition) is 5. The molecule has 0 bridgehead atoms. The van der Waals surface area contributed by atoms with E-state index in [0.29, 0.717) is 0 Å². The van der Waals surface area contributed by atoms with Gasteiger partial charge >= 0.3 is 0 Å². The van der Waals surface area contributed by atoms with E-state index in [2.05, 4.69) is 15.5 Å². The molecule has 15 heavy (non-hydrogen) atoms. The smallest absolute Gasteiger partial charge is 0.131 e. The first-order valence-corrected chi connectivity index (χ1v) is 5.68. The molecule has 0 saturated heterocycles. The molecule has 0 amide bonds. The predicted octanol–water partition coefficient (Wildman–Crippen LogP) is 1.64. The van der Waals surface area contributed by atoms with Gasteiger partial charge in [0.15, 0.2) is 0 Å². The Morgan fingerprint density at radius 3 is 2.93 bits per heavy atom. The molecule has 4 nitrogen and oxygen atoms in total. The quantitative estimate of drug-likeness (QED) is 0.837. The van der Waals surface area contributed by atoms with E-state index in [-0.39, 0.29) is 0 Å². The third-order valence-corrected chi connectivity index (χ3v) is 2.99. The van der Waals surface area contributed by atoms with Crippen molar-refractivity contribution in [3.63, 3.8) is 0 Å². The van der Waals surface area contributed by atoms with E-state index in [1.54, 1.807) is 17.6 Å². The topological polar surface area (TPSA) is 51.0 Å². The molecule has 5 heteroatoms. The van der Waals surface area contributed by atoms with Gasteiger partial charge in [-0.1, -0.05) is 0 Å².